The molecule has 1 heterocycles. The summed E-state index contributed by atoms with van der Waals surface area (Å²) in [5.74, 6) is 0.191. The van der Waals surface area contributed by atoms with E-state index in [9.17, 15) is 22.8 Å². The number of nitrogens with zero attached hydrogens (tertiary/aromatic N) is 2. The second-order valence-electron chi connectivity index (χ2n) is 10.7. The van der Waals surface area contributed by atoms with Crippen LogP contribution >= 0.6 is 11.6 Å². The number of carbonyl (C=O) groups is 2. The Morgan fingerprint density at radius 2 is 1.80 bits per heavy atom. The number of hydrogen-bond donors (Lipinski definition) is 3. The van der Waals surface area contributed by atoms with E-state index in [1.54, 1.807) is 64.1 Å². The first-order valence-corrected chi connectivity index (χ1v) is 14.8. The SMILES string of the molecule is C[C@H](NC(=O)OC(C)(C)C)c1nc2cccc(Cl)c2c(=O)n1-c1cccc(NC(=O)NS(=O)(=O)C2CCCC2)c1. The van der Waals surface area contributed by atoms with Crippen molar-refractivity contribution in [2.75, 3.05) is 5.32 Å². The maximum Gasteiger partial charge on any atom is 0.408 e. The highest BCUT2D eigenvalue weighted by Gasteiger charge is 2.30. The number of fused-ring (bicyclic) bond motifs is 1. The lowest BCUT2D eigenvalue weighted by Crippen LogP contribution is -2.39. The van der Waals surface area contributed by atoms with Crippen molar-refractivity contribution in [3.8, 4) is 5.69 Å². The summed E-state index contributed by atoms with van der Waals surface area (Å²) in [6.07, 6.45) is 1.94. The normalized spacial score (nSPS) is 15.0. The van der Waals surface area contributed by atoms with Gasteiger partial charge in [-0.2, -0.15) is 0 Å². The summed E-state index contributed by atoms with van der Waals surface area (Å²) in [5.41, 5.74) is -0.342. The molecule has 0 aliphatic heterocycles. The number of urea groups is 1. The summed E-state index contributed by atoms with van der Waals surface area (Å²) >= 11 is 6.36. The van der Waals surface area contributed by atoms with Crippen LogP contribution in [0.4, 0.5) is 15.3 Å². The second kappa shape index (κ2) is 11.5. The third-order valence-corrected chi connectivity index (χ3v) is 8.47. The number of carbonyl (C=O) groups excluding carboxylic acids is 2. The number of ether oxygens (including phenoxy) is 1. The molecule has 1 aliphatic rings. The Hall–Kier alpha value is -3.64. The number of amides is 3. The fourth-order valence-corrected chi connectivity index (χ4v) is 6.27. The van der Waals surface area contributed by atoms with Crippen LogP contribution in [0.5, 0.6) is 0 Å². The molecule has 0 bridgehead atoms. The van der Waals surface area contributed by atoms with Gasteiger partial charge in [-0.1, -0.05) is 36.6 Å². The van der Waals surface area contributed by atoms with Crippen molar-refractivity contribution >= 4 is 50.3 Å². The second-order valence-corrected chi connectivity index (χ2v) is 13.0. The predicted molar refractivity (Wildman–Crippen MR) is 153 cm³/mol. The number of aromatic nitrogens is 2. The van der Waals surface area contributed by atoms with E-state index in [4.69, 9.17) is 16.3 Å². The number of benzene rings is 2. The van der Waals surface area contributed by atoms with E-state index in [2.05, 4.69) is 20.3 Å². The van der Waals surface area contributed by atoms with E-state index in [1.165, 1.54) is 10.6 Å². The van der Waals surface area contributed by atoms with Gasteiger partial charge in [-0.3, -0.25) is 9.36 Å². The first-order chi connectivity index (χ1) is 18.7. The predicted octanol–water partition coefficient (Wildman–Crippen LogP) is 5.02. The lowest BCUT2D eigenvalue weighted by Gasteiger charge is -2.23. The third-order valence-electron chi connectivity index (χ3n) is 6.33. The van der Waals surface area contributed by atoms with Gasteiger partial charge in [0.25, 0.3) is 5.56 Å². The molecule has 11 nitrogen and oxygen atoms in total. The molecular weight excluding hydrogens is 558 g/mol. The largest absolute Gasteiger partial charge is 0.444 e. The Morgan fingerprint density at radius 3 is 2.48 bits per heavy atom. The minimum atomic E-state index is -3.81. The standard InChI is InChI=1S/C27H32ClN5O6S/c1-16(29-26(36)39-27(2,3)4)23-31-21-14-8-13-20(28)22(21)24(34)33(23)18-10-7-9-17(15-18)30-25(35)32-40(37,38)19-11-5-6-12-19/h7-10,13-16,19H,5-6,11-12H2,1-4H3,(H,29,36)(H2,30,32,35)/t16-/m0/s1. The van der Waals surface area contributed by atoms with Crippen LogP contribution in [0.3, 0.4) is 0 Å². The molecule has 1 atom stereocenters. The molecule has 1 saturated carbocycles. The van der Waals surface area contributed by atoms with Gasteiger partial charge in [0, 0.05) is 5.69 Å². The smallest absolute Gasteiger partial charge is 0.408 e. The number of alkyl carbamates (subject to hydrolysis) is 1. The highest BCUT2D eigenvalue weighted by molar-refractivity contribution is 7.90. The molecule has 0 unspecified atom stereocenters. The maximum absolute atomic E-state index is 13.8. The number of nitrogens with one attached hydrogen (secondary N) is 3. The Bertz CT molecular complexity index is 1610. The number of anilines is 1. The van der Waals surface area contributed by atoms with Gasteiger partial charge in [0.05, 0.1) is 32.9 Å². The van der Waals surface area contributed by atoms with Crippen molar-refractivity contribution in [3.63, 3.8) is 0 Å². The Kier molecular flexibility index (Phi) is 8.41. The lowest BCUT2D eigenvalue weighted by molar-refractivity contribution is 0.0505. The molecule has 3 aromatic rings. The first-order valence-electron chi connectivity index (χ1n) is 12.9. The molecule has 214 valence electrons. The zero-order chi connectivity index (χ0) is 29.2. The molecule has 1 fully saturated rings. The van der Waals surface area contributed by atoms with Crippen LogP contribution in [0.15, 0.2) is 47.3 Å². The van der Waals surface area contributed by atoms with Gasteiger partial charge in [0.15, 0.2) is 0 Å². The van der Waals surface area contributed by atoms with Crippen molar-refractivity contribution in [3.05, 3.63) is 63.7 Å². The molecule has 0 radical (unpaired) electrons. The molecule has 3 amide bonds. The molecule has 1 aromatic heterocycles. The van der Waals surface area contributed by atoms with Crippen LogP contribution in [-0.4, -0.2) is 40.9 Å². The zero-order valence-corrected chi connectivity index (χ0v) is 24.2. The average molecular weight is 590 g/mol. The van der Waals surface area contributed by atoms with Crippen LogP contribution in [0.1, 0.15) is 65.2 Å². The monoisotopic (exact) mass is 589 g/mol. The molecule has 0 saturated heterocycles. The van der Waals surface area contributed by atoms with Gasteiger partial charge in [0.2, 0.25) is 10.0 Å². The summed E-state index contributed by atoms with van der Waals surface area (Å²) < 4.78 is 33.8. The van der Waals surface area contributed by atoms with Gasteiger partial charge in [-0.15, -0.1) is 0 Å². The van der Waals surface area contributed by atoms with Crippen LogP contribution in [0.2, 0.25) is 5.02 Å². The fraction of sp³-hybridized carbons (Fsp3) is 0.407. The Labute approximate surface area is 237 Å². The summed E-state index contributed by atoms with van der Waals surface area (Å²) in [6, 6.07) is 9.47. The van der Waals surface area contributed by atoms with Crippen molar-refractivity contribution in [1.29, 1.82) is 0 Å². The summed E-state index contributed by atoms with van der Waals surface area (Å²) in [4.78, 5) is 43.5. The molecule has 40 heavy (non-hydrogen) atoms. The van der Waals surface area contributed by atoms with E-state index in [1.807, 2.05) is 0 Å². The molecular formula is C27H32ClN5O6S. The lowest BCUT2D eigenvalue weighted by atomic mass is 10.2. The molecule has 2 aromatic carbocycles. The summed E-state index contributed by atoms with van der Waals surface area (Å²) in [6.45, 7) is 6.85. The molecule has 0 spiro atoms. The minimum absolute atomic E-state index is 0.177. The van der Waals surface area contributed by atoms with Gasteiger partial charge >= 0.3 is 12.1 Å². The van der Waals surface area contributed by atoms with Crippen molar-refractivity contribution < 1.29 is 22.7 Å². The van der Waals surface area contributed by atoms with Crippen LogP contribution < -0.4 is 20.9 Å². The zero-order valence-electron chi connectivity index (χ0n) is 22.7. The van der Waals surface area contributed by atoms with Gasteiger partial charge in [0.1, 0.15) is 11.4 Å². The fourth-order valence-electron chi connectivity index (χ4n) is 4.59. The van der Waals surface area contributed by atoms with Crippen molar-refractivity contribution in [2.45, 2.75) is 70.3 Å². The van der Waals surface area contributed by atoms with Crippen molar-refractivity contribution in [2.24, 2.45) is 0 Å². The van der Waals surface area contributed by atoms with Gasteiger partial charge in [-0.25, -0.2) is 27.7 Å². The molecule has 3 N–H and O–H groups in total. The van der Waals surface area contributed by atoms with E-state index in [0.717, 1.165) is 12.8 Å². The number of sulfonamides is 1. The maximum atomic E-state index is 13.8. The molecule has 4 rings (SSSR count). The van der Waals surface area contributed by atoms with Crippen molar-refractivity contribution in [1.82, 2.24) is 19.6 Å². The van der Waals surface area contributed by atoms with E-state index in [-0.39, 0.29) is 21.9 Å². The van der Waals surface area contributed by atoms with E-state index in [0.29, 0.717) is 24.0 Å². The van der Waals surface area contributed by atoms with Crippen LogP contribution in [0.25, 0.3) is 16.6 Å². The Morgan fingerprint density at radius 1 is 1.12 bits per heavy atom. The average Bonchev–Trinajstić information content (AvgIpc) is 3.38. The van der Waals surface area contributed by atoms with Gasteiger partial charge < -0.3 is 15.4 Å². The van der Waals surface area contributed by atoms with Gasteiger partial charge in [-0.05, 0) is 70.9 Å². The van der Waals surface area contributed by atoms with Crippen LogP contribution in [0, 0.1) is 0 Å². The summed E-state index contributed by atoms with van der Waals surface area (Å²) in [7, 11) is -3.81. The number of hydrogen-bond acceptors (Lipinski definition) is 7. The molecule has 1 aliphatic carbocycles. The summed E-state index contributed by atoms with van der Waals surface area (Å²) in [5, 5.41) is 5.01. The van der Waals surface area contributed by atoms with E-state index >= 15 is 0 Å². The topological polar surface area (TPSA) is 148 Å². The Balaban J connectivity index is 1.70. The minimum Gasteiger partial charge on any atom is -0.444 e. The van der Waals surface area contributed by atoms with E-state index < -0.39 is 44.6 Å². The first kappa shape index (κ1) is 29.3. The quantitative estimate of drug-likeness (QED) is 0.365. The highest BCUT2D eigenvalue weighted by atomic mass is 35.5. The number of halogens is 1. The van der Waals surface area contributed by atoms with Crippen LogP contribution in [-0.2, 0) is 14.8 Å². The molecule has 13 heteroatoms. The number of rotatable bonds is 6. The third kappa shape index (κ3) is 6.73. The highest BCUT2D eigenvalue weighted by Crippen LogP contribution is 2.26.